The average Bonchev–Trinajstić information content (AvgIpc) is 3.15. The van der Waals surface area contributed by atoms with Crippen LogP contribution >= 0.6 is 0 Å². The van der Waals surface area contributed by atoms with E-state index in [4.69, 9.17) is 4.74 Å². The highest BCUT2D eigenvalue weighted by atomic mass is 16.5. The fourth-order valence-electron chi connectivity index (χ4n) is 8.80. The van der Waals surface area contributed by atoms with Gasteiger partial charge in [-0.25, -0.2) is 0 Å². The van der Waals surface area contributed by atoms with Gasteiger partial charge in [0, 0.05) is 13.7 Å². The summed E-state index contributed by atoms with van der Waals surface area (Å²) < 4.78 is 5.19. The van der Waals surface area contributed by atoms with E-state index < -0.39 is 5.60 Å². The van der Waals surface area contributed by atoms with Gasteiger partial charge < -0.3 is 14.9 Å². The van der Waals surface area contributed by atoms with Crippen LogP contribution in [-0.4, -0.2) is 35.6 Å². The summed E-state index contributed by atoms with van der Waals surface area (Å²) >= 11 is 0. The minimum Gasteiger partial charge on any atom is -0.393 e. The first kappa shape index (κ1) is 27.2. The summed E-state index contributed by atoms with van der Waals surface area (Å²) in [6.07, 6.45) is 15.0. The Hall–Kier alpha value is -0.380. The molecule has 9 atom stereocenters. The zero-order valence-electron chi connectivity index (χ0n) is 22.8. The number of hydrogen-bond acceptors (Lipinski definition) is 3. The Bertz CT molecular complexity index is 669. The van der Waals surface area contributed by atoms with Crippen molar-refractivity contribution >= 4 is 0 Å². The van der Waals surface area contributed by atoms with Crippen molar-refractivity contribution in [3.8, 4) is 0 Å². The molecule has 0 bridgehead atoms. The van der Waals surface area contributed by atoms with Crippen LogP contribution in [-0.2, 0) is 4.74 Å². The number of fused-ring (bicyclic) bond motifs is 5. The SMILES string of the molecule is CC.COCCC(C)(O)CC[C@@H](C)C1CCC2C3CC=C4CC(O)CCC4(C)C3CCC21C. The van der Waals surface area contributed by atoms with Gasteiger partial charge in [0.25, 0.3) is 0 Å². The van der Waals surface area contributed by atoms with Crippen LogP contribution in [0.3, 0.4) is 0 Å². The predicted octanol–water partition coefficient (Wildman–Crippen LogP) is 7.16. The molecule has 0 aromatic carbocycles. The summed E-state index contributed by atoms with van der Waals surface area (Å²) in [5.41, 5.74) is 1.78. The van der Waals surface area contributed by atoms with E-state index in [9.17, 15) is 10.2 Å². The third kappa shape index (κ3) is 5.26. The van der Waals surface area contributed by atoms with Gasteiger partial charge in [0.15, 0.2) is 0 Å². The van der Waals surface area contributed by atoms with Crippen molar-refractivity contribution < 1.29 is 14.9 Å². The topological polar surface area (TPSA) is 49.7 Å². The Morgan fingerprint density at radius 1 is 1.09 bits per heavy atom. The largest absolute Gasteiger partial charge is 0.393 e. The highest BCUT2D eigenvalue weighted by Crippen LogP contribution is 2.67. The highest BCUT2D eigenvalue weighted by Gasteiger charge is 2.59. The molecule has 4 rings (SSSR count). The molecule has 3 fully saturated rings. The van der Waals surface area contributed by atoms with Crippen molar-refractivity contribution in [3.05, 3.63) is 11.6 Å². The van der Waals surface area contributed by atoms with Gasteiger partial charge in [0.2, 0.25) is 0 Å². The number of ether oxygens (including phenoxy) is 1. The molecule has 3 saturated carbocycles. The number of rotatable bonds is 7. The Labute approximate surface area is 204 Å². The molecular weight excluding hydrogens is 408 g/mol. The lowest BCUT2D eigenvalue weighted by atomic mass is 9.47. The lowest BCUT2D eigenvalue weighted by Gasteiger charge is -2.58. The first-order chi connectivity index (χ1) is 15.6. The molecule has 192 valence electrons. The fraction of sp³-hybridized carbons (Fsp3) is 0.933. The Morgan fingerprint density at radius 2 is 1.82 bits per heavy atom. The van der Waals surface area contributed by atoms with Crippen molar-refractivity contribution in [1.29, 1.82) is 0 Å². The molecule has 0 saturated heterocycles. The second-order valence-electron chi connectivity index (χ2n) is 12.6. The van der Waals surface area contributed by atoms with Crippen LogP contribution in [0.25, 0.3) is 0 Å². The van der Waals surface area contributed by atoms with Crippen molar-refractivity contribution in [3.63, 3.8) is 0 Å². The number of allylic oxidation sites excluding steroid dienone is 1. The molecule has 4 aliphatic rings. The summed E-state index contributed by atoms with van der Waals surface area (Å²) in [7, 11) is 1.72. The Kier molecular flexibility index (Phi) is 8.83. The zero-order chi connectivity index (χ0) is 24.4. The van der Waals surface area contributed by atoms with E-state index in [2.05, 4.69) is 26.8 Å². The molecule has 0 aromatic rings. The maximum Gasteiger partial charge on any atom is 0.0641 e. The summed E-state index contributed by atoms with van der Waals surface area (Å²) in [6, 6.07) is 0. The van der Waals surface area contributed by atoms with Crippen molar-refractivity contribution in [2.24, 2.45) is 40.4 Å². The number of hydrogen-bond donors (Lipinski definition) is 2. The summed E-state index contributed by atoms with van der Waals surface area (Å²) in [6.45, 7) is 14.2. The van der Waals surface area contributed by atoms with Gasteiger partial charge in [-0.05, 0) is 118 Å². The van der Waals surface area contributed by atoms with Crippen molar-refractivity contribution in [2.45, 2.75) is 124 Å². The quantitative estimate of drug-likeness (QED) is 0.395. The predicted molar refractivity (Wildman–Crippen MR) is 138 cm³/mol. The maximum atomic E-state index is 10.7. The van der Waals surface area contributed by atoms with Crippen molar-refractivity contribution in [2.75, 3.05) is 13.7 Å². The van der Waals surface area contributed by atoms with Gasteiger partial charge in [0.1, 0.15) is 0 Å². The molecule has 0 aliphatic heterocycles. The van der Waals surface area contributed by atoms with Crippen LogP contribution in [0.5, 0.6) is 0 Å². The van der Waals surface area contributed by atoms with Crippen LogP contribution in [0, 0.1) is 40.4 Å². The first-order valence-electron chi connectivity index (χ1n) is 14.2. The van der Waals surface area contributed by atoms with Gasteiger partial charge in [-0.15, -0.1) is 0 Å². The van der Waals surface area contributed by atoms with E-state index in [1.54, 1.807) is 12.7 Å². The van der Waals surface area contributed by atoms with E-state index in [0.717, 1.165) is 55.8 Å². The van der Waals surface area contributed by atoms with E-state index in [1.165, 1.54) is 38.5 Å². The molecule has 8 unspecified atom stereocenters. The molecule has 33 heavy (non-hydrogen) atoms. The third-order valence-corrected chi connectivity index (χ3v) is 10.8. The minimum atomic E-state index is -0.606. The molecule has 3 nitrogen and oxygen atoms in total. The van der Waals surface area contributed by atoms with Crippen molar-refractivity contribution in [1.82, 2.24) is 0 Å². The summed E-state index contributed by atoms with van der Waals surface area (Å²) in [5.74, 6) is 3.99. The molecule has 0 amide bonds. The highest BCUT2D eigenvalue weighted by molar-refractivity contribution is 5.25. The van der Waals surface area contributed by atoms with Crippen LogP contribution < -0.4 is 0 Å². The molecule has 4 aliphatic carbocycles. The van der Waals surface area contributed by atoms with E-state index >= 15 is 0 Å². The lowest BCUT2D eigenvalue weighted by Crippen LogP contribution is -2.50. The molecule has 0 aromatic heterocycles. The van der Waals surface area contributed by atoms with Gasteiger partial charge in [-0.3, -0.25) is 0 Å². The summed E-state index contributed by atoms with van der Waals surface area (Å²) in [5, 5.41) is 21.0. The standard InChI is InChI=1S/C28H48O3.C2H6/c1-19(10-13-26(2,30)16-17-31-5)23-8-9-24-22-7-6-20-18-21(29)11-14-27(20,3)25(22)12-15-28(23,24)4;1-2/h6,19,21-25,29-30H,7-18H2,1-5H3;1-2H3/t19-,21?,22?,23?,24?,25?,26?,27?,28?;/m1./s1. The van der Waals surface area contributed by atoms with Gasteiger partial charge in [-0.2, -0.15) is 0 Å². The van der Waals surface area contributed by atoms with Crippen LogP contribution in [0.4, 0.5) is 0 Å². The molecule has 0 spiro atoms. The normalized spacial score (nSPS) is 42.6. The monoisotopic (exact) mass is 462 g/mol. The minimum absolute atomic E-state index is 0.109. The molecule has 2 N–H and O–H groups in total. The smallest absolute Gasteiger partial charge is 0.0641 e. The van der Waals surface area contributed by atoms with E-state index in [0.29, 0.717) is 23.4 Å². The molecular formula is C30H54O3. The van der Waals surface area contributed by atoms with E-state index in [1.807, 2.05) is 20.8 Å². The fourth-order valence-corrected chi connectivity index (χ4v) is 8.80. The maximum absolute atomic E-state index is 10.7. The Morgan fingerprint density at radius 3 is 2.52 bits per heavy atom. The molecule has 0 heterocycles. The van der Waals surface area contributed by atoms with Gasteiger partial charge in [-0.1, -0.05) is 46.3 Å². The van der Waals surface area contributed by atoms with Crippen LogP contribution in [0.1, 0.15) is 112 Å². The third-order valence-electron chi connectivity index (χ3n) is 10.8. The average molecular weight is 463 g/mol. The van der Waals surface area contributed by atoms with Crippen LogP contribution in [0.15, 0.2) is 11.6 Å². The second-order valence-corrected chi connectivity index (χ2v) is 12.6. The molecule has 3 heteroatoms. The Balaban J connectivity index is 0.00000149. The first-order valence-corrected chi connectivity index (χ1v) is 14.2. The van der Waals surface area contributed by atoms with Gasteiger partial charge >= 0.3 is 0 Å². The number of aliphatic hydroxyl groups excluding tert-OH is 1. The zero-order valence-corrected chi connectivity index (χ0v) is 22.8. The summed E-state index contributed by atoms with van der Waals surface area (Å²) in [4.78, 5) is 0. The van der Waals surface area contributed by atoms with Crippen LogP contribution in [0.2, 0.25) is 0 Å². The number of methoxy groups -OCH3 is 1. The number of aliphatic hydroxyl groups is 2. The molecule has 0 radical (unpaired) electrons. The second kappa shape index (κ2) is 10.7. The van der Waals surface area contributed by atoms with Gasteiger partial charge in [0.05, 0.1) is 11.7 Å². The van der Waals surface area contributed by atoms with E-state index in [-0.39, 0.29) is 6.10 Å². The lowest BCUT2D eigenvalue weighted by molar-refractivity contribution is -0.0593.